The third-order valence-electron chi connectivity index (χ3n) is 7.15. The molecule has 0 aromatic heterocycles. The number of rotatable bonds is 7. The lowest BCUT2D eigenvalue weighted by molar-refractivity contribution is -0.142. The molecular formula is C24H33N3O5. The van der Waals surface area contributed by atoms with E-state index < -0.39 is 6.10 Å². The van der Waals surface area contributed by atoms with Crippen molar-refractivity contribution in [2.45, 2.75) is 81.6 Å². The molecule has 4 atom stereocenters. The number of carbonyl (C=O) groups is 2. The monoisotopic (exact) mass is 443 g/mol. The number of carbonyl (C=O) groups excluding carboxylic acids is 2. The fourth-order valence-electron chi connectivity index (χ4n) is 5.25. The Labute approximate surface area is 188 Å². The van der Waals surface area contributed by atoms with Crippen molar-refractivity contribution in [3.05, 3.63) is 23.8 Å². The van der Waals surface area contributed by atoms with E-state index in [2.05, 4.69) is 16.0 Å². The normalized spacial score (nSPS) is 29.0. The minimum atomic E-state index is -0.482. The molecule has 3 fully saturated rings. The SMILES string of the molecule is O=C(C[C@@H]1C[C@@H]2c3cc(NC(=O)NC4CCCC4)ccc3O[C@@H]2[C@@H](CO)O1)NCC1CC1. The number of benzene rings is 1. The zero-order valence-electron chi connectivity index (χ0n) is 18.3. The molecular weight excluding hydrogens is 410 g/mol. The van der Waals surface area contributed by atoms with Crippen LogP contribution in [0.15, 0.2) is 18.2 Å². The molecule has 2 aliphatic heterocycles. The van der Waals surface area contributed by atoms with Crippen molar-refractivity contribution < 1.29 is 24.2 Å². The summed E-state index contributed by atoms with van der Waals surface area (Å²) in [7, 11) is 0. The van der Waals surface area contributed by atoms with Gasteiger partial charge >= 0.3 is 6.03 Å². The van der Waals surface area contributed by atoms with E-state index >= 15 is 0 Å². The van der Waals surface area contributed by atoms with Crippen LogP contribution in [-0.2, 0) is 9.53 Å². The average Bonchev–Trinajstić information content (AvgIpc) is 3.35. The Bertz CT molecular complexity index is 852. The van der Waals surface area contributed by atoms with Crippen molar-refractivity contribution >= 4 is 17.6 Å². The lowest BCUT2D eigenvalue weighted by Crippen LogP contribution is -2.47. The third-order valence-corrected chi connectivity index (χ3v) is 7.15. The van der Waals surface area contributed by atoms with Gasteiger partial charge in [-0.2, -0.15) is 0 Å². The van der Waals surface area contributed by atoms with Gasteiger partial charge in [0.15, 0.2) is 0 Å². The molecule has 4 aliphatic rings. The summed E-state index contributed by atoms with van der Waals surface area (Å²) in [5.41, 5.74) is 1.72. The molecule has 0 spiro atoms. The number of urea groups is 1. The van der Waals surface area contributed by atoms with Crippen LogP contribution in [0.2, 0.25) is 0 Å². The molecule has 1 aromatic rings. The molecule has 1 saturated heterocycles. The van der Waals surface area contributed by atoms with Crippen LogP contribution in [0.25, 0.3) is 0 Å². The summed E-state index contributed by atoms with van der Waals surface area (Å²) in [5.74, 6) is 1.39. The highest BCUT2D eigenvalue weighted by Gasteiger charge is 2.46. The third kappa shape index (κ3) is 4.86. The standard InChI is InChI=1S/C24H33N3O5/c28-13-21-23-19(10-17(31-21)11-22(29)25-12-14-5-6-14)18-9-16(7-8-20(18)32-23)27-24(30)26-15-3-1-2-4-15/h7-9,14-15,17,19,21,23,28H,1-6,10-13H2,(H,25,29)(H2,26,27,30)/t17-,19+,21+,23-/m0/s1. The number of aliphatic hydroxyl groups excluding tert-OH is 1. The maximum atomic E-state index is 12.4. The number of nitrogens with one attached hydrogen (secondary N) is 3. The molecule has 32 heavy (non-hydrogen) atoms. The van der Waals surface area contributed by atoms with Gasteiger partial charge in [0.1, 0.15) is 18.0 Å². The van der Waals surface area contributed by atoms with Crippen LogP contribution in [-0.4, -0.2) is 54.6 Å². The first-order valence-corrected chi connectivity index (χ1v) is 12.0. The maximum absolute atomic E-state index is 12.4. The number of anilines is 1. The average molecular weight is 444 g/mol. The van der Waals surface area contributed by atoms with Crippen molar-refractivity contribution in [3.63, 3.8) is 0 Å². The fourth-order valence-corrected chi connectivity index (χ4v) is 5.25. The Balaban J connectivity index is 1.24. The van der Waals surface area contributed by atoms with E-state index in [4.69, 9.17) is 9.47 Å². The maximum Gasteiger partial charge on any atom is 0.319 e. The number of aliphatic hydroxyl groups is 1. The van der Waals surface area contributed by atoms with Gasteiger partial charge in [0.05, 0.1) is 19.1 Å². The number of amides is 3. The van der Waals surface area contributed by atoms with Crippen LogP contribution in [0.1, 0.15) is 62.8 Å². The van der Waals surface area contributed by atoms with Gasteiger partial charge in [-0.05, 0) is 56.2 Å². The van der Waals surface area contributed by atoms with E-state index in [0.717, 1.165) is 43.5 Å². The molecule has 1 aromatic carbocycles. The Morgan fingerprint density at radius 3 is 2.69 bits per heavy atom. The van der Waals surface area contributed by atoms with Crippen LogP contribution < -0.4 is 20.7 Å². The van der Waals surface area contributed by atoms with Crippen LogP contribution in [0, 0.1) is 5.92 Å². The van der Waals surface area contributed by atoms with E-state index in [9.17, 15) is 14.7 Å². The molecule has 0 bridgehead atoms. The predicted molar refractivity (Wildman–Crippen MR) is 119 cm³/mol. The highest BCUT2D eigenvalue weighted by Crippen LogP contribution is 2.47. The minimum Gasteiger partial charge on any atom is -0.487 e. The van der Waals surface area contributed by atoms with Crippen molar-refractivity contribution in [2.75, 3.05) is 18.5 Å². The Hall–Kier alpha value is -2.32. The molecule has 2 saturated carbocycles. The van der Waals surface area contributed by atoms with Crippen LogP contribution in [0.3, 0.4) is 0 Å². The van der Waals surface area contributed by atoms with Crippen molar-refractivity contribution in [1.82, 2.24) is 10.6 Å². The van der Waals surface area contributed by atoms with Gasteiger partial charge in [-0.15, -0.1) is 0 Å². The summed E-state index contributed by atoms with van der Waals surface area (Å²) < 4.78 is 12.1. The summed E-state index contributed by atoms with van der Waals surface area (Å²) in [5, 5.41) is 18.9. The number of hydrogen-bond acceptors (Lipinski definition) is 5. The van der Waals surface area contributed by atoms with E-state index in [1.54, 1.807) is 0 Å². The second-order valence-electron chi connectivity index (χ2n) is 9.69. The van der Waals surface area contributed by atoms with Gasteiger partial charge in [-0.25, -0.2) is 4.79 Å². The number of fused-ring (bicyclic) bond motifs is 3. The Morgan fingerprint density at radius 1 is 1.12 bits per heavy atom. The lowest BCUT2D eigenvalue weighted by atomic mass is 9.84. The number of ether oxygens (including phenoxy) is 2. The summed E-state index contributed by atoms with van der Waals surface area (Å²) in [6.45, 7) is 0.579. The molecule has 8 nitrogen and oxygen atoms in total. The summed E-state index contributed by atoms with van der Waals surface area (Å²) in [6.07, 6.45) is 6.67. The topological polar surface area (TPSA) is 109 Å². The Kier molecular flexibility index (Phi) is 6.24. The van der Waals surface area contributed by atoms with Crippen LogP contribution in [0.5, 0.6) is 5.75 Å². The Morgan fingerprint density at radius 2 is 1.94 bits per heavy atom. The molecule has 0 unspecified atom stereocenters. The molecule has 2 heterocycles. The van der Waals surface area contributed by atoms with E-state index in [1.807, 2.05) is 18.2 Å². The van der Waals surface area contributed by atoms with E-state index in [-0.39, 0.29) is 49.1 Å². The van der Waals surface area contributed by atoms with E-state index in [0.29, 0.717) is 18.0 Å². The summed E-state index contributed by atoms with van der Waals surface area (Å²) in [6, 6.07) is 5.73. The van der Waals surface area contributed by atoms with Crippen molar-refractivity contribution in [1.29, 1.82) is 0 Å². The van der Waals surface area contributed by atoms with Gasteiger partial charge in [-0.3, -0.25) is 4.79 Å². The zero-order chi connectivity index (χ0) is 22.1. The molecule has 5 rings (SSSR count). The molecule has 0 radical (unpaired) electrons. The molecule has 8 heteroatoms. The highest BCUT2D eigenvalue weighted by atomic mass is 16.6. The van der Waals surface area contributed by atoms with Crippen LogP contribution in [0.4, 0.5) is 10.5 Å². The molecule has 2 aliphatic carbocycles. The van der Waals surface area contributed by atoms with Gasteiger partial charge in [-0.1, -0.05) is 12.8 Å². The van der Waals surface area contributed by atoms with E-state index in [1.165, 1.54) is 12.8 Å². The van der Waals surface area contributed by atoms with Gasteiger partial charge < -0.3 is 30.5 Å². The first-order valence-electron chi connectivity index (χ1n) is 12.0. The number of hydrogen-bond donors (Lipinski definition) is 4. The first-order chi connectivity index (χ1) is 15.6. The molecule has 3 amide bonds. The zero-order valence-corrected chi connectivity index (χ0v) is 18.3. The van der Waals surface area contributed by atoms with Crippen molar-refractivity contribution in [3.8, 4) is 5.75 Å². The fraction of sp³-hybridized carbons (Fsp3) is 0.667. The second kappa shape index (κ2) is 9.27. The quantitative estimate of drug-likeness (QED) is 0.518. The summed E-state index contributed by atoms with van der Waals surface area (Å²) >= 11 is 0. The van der Waals surface area contributed by atoms with Gasteiger partial charge in [0, 0.05) is 29.8 Å². The van der Waals surface area contributed by atoms with Gasteiger partial charge in [0.25, 0.3) is 0 Å². The first kappa shape index (κ1) is 21.5. The molecule has 4 N–H and O–H groups in total. The largest absolute Gasteiger partial charge is 0.487 e. The minimum absolute atomic E-state index is 0.00446. The predicted octanol–water partition coefficient (Wildman–Crippen LogP) is 2.66. The highest BCUT2D eigenvalue weighted by molar-refractivity contribution is 5.89. The smallest absolute Gasteiger partial charge is 0.319 e. The second-order valence-corrected chi connectivity index (χ2v) is 9.69. The van der Waals surface area contributed by atoms with Gasteiger partial charge in [0.2, 0.25) is 5.91 Å². The summed E-state index contributed by atoms with van der Waals surface area (Å²) in [4.78, 5) is 24.7. The molecule has 174 valence electrons. The lowest BCUT2D eigenvalue weighted by Gasteiger charge is -2.37. The van der Waals surface area contributed by atoms with Crippen LogP contribution >= 0.6 is 0 Å². The van der Waals surface area contributed by atoms with Crippen molar-refractivity contribution in [2.24, 2.45) is 5.92 Å².